The zero-order chi connectivity index (χ0) is 21.5. The van der Waals surface area contributed by atoms with Crippen molar-refractivity contribution in [3.8, 4) is 22.8 Å². The Morgan fingerprint density at radius 1 is 0.968 bits per heavy atom. The lowest BCUT2D eigenvalue weighted by Gasteiger charge is -2.27. The standard InChI is InChI=1S/C28H26NOS/c1-16-18-11-10-17-8-6-7-9-19(17)24(18)20(14-28(2,3)4)27-23(16)26-25-21(30-27)15-31-22(25)12-13-29(26)5/h6-13,15H,14H2,1-5H3/q+1. The van der Waals surface area contributed by atoms with Gasteiger partial charge >= 0.3 is 0 Å². The van der Waals surface area contributed by atoms with Crippen molar-refractivity contribution in [1.82, 2.24) is 0 Å². The number of hydrogen-bond acceptors (Lipinski definition) is 2. The van der Waals surface area contributed by atoms with Crippen molar-refractivity contribution in [2.75, 3.05) is 0 Å². The lowest BCUT2D eigenvalue weighted by molar-refractivity contribution is -0.659. The Bertz CT molecular complexity index is 1530. The number of fused-ring (bicyclic) bond motifs is 5. The van der Waals surface area contributed by atoms with Gasteiger partial charge in [0, 0.05) is 17.0 Å². The SMILES string of the molecule is Cc1c2c(c(CC(C)(C)C)c3c1ccc1ccccc13)Oc1csc3cc[n+](C)c-2c13. The summed E-state index contributed by atoms with van der Waals surface area (Å²) in [5, 5.41) is 8.68. The maximum atomic E-state index is 6.76. The minimum atomic E-state index is 0.138. The molecule has 0 fully saturated rings. The highest BCUT2D eigenvalue weighted by atomic mass is 32.1. The second-order valence-electron chi connectivity index (χ2n) is 9.97. The van der Waals surface area contributed by atoms with Crippen molar-refractivity contribution >= 4 is 43.0 Å². The molecule has 0 N–H and O–H groups in total. The quantitative estimate of drug-likeness (QED) is 0.195. The molecule has 0 radical (unpaired) electrons. The van der Waals surface area contributed by atoms with Crippen LogP contribution in [0, 0.1) is 12.3 Å². The molecule has 0 atom stereocenters. The minimum Gasteiger partial charge on any atom is -0.454 e. The lowest BCUT2D eigenvalue weighted by Crippen LogP contribution is -2.31. The van der Waals surface area contributed by atoms with E-state index in [2.05, 4.69) is 93.4 Å². The van der Waals surface area contributed by atoms with Gasteiger partial charge in [-0.25, -0.2) is 4.57 Å². The van der Waals surface area contributed by atoms with Crippen LogP contribution in [0.25, 0.3) is 42.9 Å². The predicted octanol–water partition coefficient (Wildman–Crippen LogP) is 7.70. The van der Waals surface area contributed by atoms with E-state index in [0.29, 0.717) is 0 Å². The molecule has 0 unspecified atom stereocenters. The number of nitrogens with zero attached hydrogens (tertiary/aromatic N) is 1. The Hall–Kier alpha value is -2.91. The highest BCUT2D eigenvalue weighted by Gasteiger charge is 2.34. The lowest BCUT2D eigenvalue weighted by atomic mass is 9.81. The molecule has 0 bridgehead atoms. The van der Waals surface area contributed by atoms with Gasteiger partial charge in [0.2, 0.25) is 5.69 Å². The third kappa shape index (κ3) is 2.66. The van der Waals surface area contributed by atoms with Crippen LogP contribution in [0.2, 0.25) is 0 Å². The number of aromatic nitrogens is 1. The molecule has 0 aliphatic carbocycles. The molecule has 0 saturated carbocycles. The summed E-state index contributed by atoms with van der Waals surface area (Å²) < 4.78 is 10.3. The number of rotatable bonds is 1. The van der Waals surface area contributed by atoms with Gasteiger partial charge in [-0.3, -0.25) is 0 Å². The van der Waals surface area contributed by atoms with Gasteiger partial charge in [0.1, 0.15) is 18.2 Å². The van der Waals surface area contributed by atoms with Gasteiger partial charge in [-0.2, -0.15) is 0 Å². The van der Waals surface area contributed by atoms with Crippen LogP contribution in [0.15, 0.2) is 54.0 Å². The highest BCUT2D eigenvalue weighted by Crippen LogP contribution is 2.53. The Kier molecular flexibility index (Phi) is 3.83. The van der Waals surface area contributed by atoms with Crippen molar-refractivity contribution < 1.29 is 9.30 Å². The first-order valence-electron chi connectivity index (χ1n) is 10.9. The molecule has 31 heavy (non-hydrogen) atoms. The fourth-order valence-electron chi connectivity index (χ4n) is 5.20. The van der Waals surface area contributed by atoms with Crippen LogP contribution < -0.4 is 9.30 Å². The molecule has 2 aromatic heterocycles. The summed E-state index contributed by atoms with van der Waals surface area (Å²) >= 11 is 1.77. The molecule has 0 amide bonds. The molecule has 1 aliphatic heterocycles. The van der Waals surface area contributed by atoms with E-state index in [4.69, 9.17) is 4.74 Å². The molecule has 5 aromatic rings. The fraction of sp³-hybridized carbons (Fsp3) is 0.250. The Morgan fingerprint density at radius 2 is 1.77 bits per heavy atom. The molecule has 154 valence electrons. The van der Waals surface area contributed by atoms with Crippen molar-refractivity contribution in [2.24, 2.45) is 12.5 Å². The summed E-state index contributed by atoms with van der Waals surface area (Å²) in [5.41, 5.74) is 5.29. The maximum absolute atomic E-state index is 6.76. The van der Waals surface area contributed by atoms with Crippen LogP contribution >= 0.6 is 11.3 Å². The summed E-state index contributed by atoms with van der Waals surface area (Å²) in [6.45, 7) is 9.21. The topological polar surface area (TPSA) is 13.1 Å². The smallest absolute Gasteiger partial charge is 0.228 e. The molecule has 0 spiro atoms. The van der Waals surface area contributed by atoms with Crippen LogP contribution in [0.5, 0.6) is 11.5 Å². The molecule has 2 nitrogen and oxygen atoms in total. The van der Waals surface area contributed by atoms with E-state index in [9.17, 15) is 0 Å². The minimum absolute atomic E-state index is 0.138. The normalized spacial score (nSPS) is 13.1. The van der Waals surface area contributed by atoms with Gasteiger partial charge in [0.05, 0.1) is 10.3 Å². The summed E-state index contributed by atoms with van der Waals surface area (Å²) in [5.74, 6) is 2.04. The zero-order valence-corrected chi connectivity index (χ0v) is 19.5. The largest absolute Gasteiger partial charge is 0.454 e. The van der Waals surface area contributed by atoms with Crippen molar-refractivity contribution in [2.45, 2.75) is 34.1 Å². The molecule has 6 rings (SSSR count). The Balaban J connectivity index is 1.85. The summed E-state index contributed by atoms with van der Waals surface area (Å²) in [6, 6.07) is 15.5. The number of ether oxygens (including phenoxy) is 1. The molecule has 3 heterocycles. The average Bonchev–Trinajstić information content (AvgIpc) is 3.15. The first-order chi connectivity index (χ1) is 14.8. The van der Waals surface area contributed by atoms with E-state index < -0.39 is 0 Å². The van der Waals surface area contributed by atoms with E-state index in [1.165, 1.54) is 54.0 Å². The van der Waals surface area contributed by atoms with Crippen LogP contribution in [-0.4, -0.2) is 0 Å². The van der Waals surface area contributed by atoms with Crippen LogP contribution in [0.1, 0.15) is 31.9 Å². The first-order valence-corrected chi connectivity index (χ1v) is 11.8. The predicted molar refractivity (Wildman–Crippen MR) is 131 cm³/mol. The van der Waals surface area contributed by atoms with E-state index in [-0.39, 0.29) is 5.41 Å². The van der Waals surface area contributed by atoms with E-state index in [1.807, 2.05) is 0 Å². The molecule has 1 aliphatic rings. The molecule has 3 aromatic carbocycles. The second-order valence-corrected chi connectivity index (χ2v) is 10.9. The number of pyridine rings is 1. The molecule has 0 saturated heterocycles. The third-order valence-corrected chi connectivity index (χ3v) is 7.42. The van der Waals surface area contributed by atoms with E-state index in [1.54, 1.807) is 11.3 Å². The van der Waals surface area contributed by atoms with Gasteiger partial charge in [0.25, 0.3) is 0 Å². The summed E-state index contributed by atoms with van der Waals surface area (Å²) in [7, 11) is 2.15. The summed E-state index contributed by atoms with van der Waals surface area (Å²) in [4.78, 5) is 0. The zero-order valence-electron chi connectivity index (χ0n) is 18.7. The number of thiophene rings is 1. The monoisotopic (exact) mass is 424 g/mol. The van der Waals surface area contributed by atoms with Gasteiger partial charge in [-0.1, -0.05) is 57.2 Å². The molecular formula is C28H26NOS+. The highest BCUT2D eigenvalue weighted by molar-refractivity contribution is 7.17. The van der Waals surface area contributed by atoms with Crippen molar-refractivity contribution in [3.05, 3.63) is 65.2 Å². The second kappa shape index (κ2) is 6.30. The fourth-order valence-corrected chi connectivity index (χ4v) is 6.06. The van der Waals surface area contributed by atoms with Gasteiger partial charge in [-0.05, 0) is 45.9 Å². The average molecular weight is 425 g/mol. The number of aryl methyl sites for hydroxylation is 2. The number of hydrogen-bond donors (Lipinski definition) is 0. The third-order valence-electron chi connectivity index (χ3n) is 6.49. The van der Waals surface area contributed by atoms with E-state index in [0.717, 1.165) is 17.9 Å². The van der Waals surface area contributed by atoms with Crippen molar-refractivity contribution in [1.29, 1.82) is 0 Å². The molecule has 3 heteroatoms. The summed E-state index contributed by atoms with van der Waals surface area (Å²) in [6.07, 6.45) is 3.14. The van der Waals surface area contributed by atoms with Gasteiger partial charge < -0.3 is 4.74 Å². The van der Waals surface area contributed by atoms with Crippen LogP contribution in [0.4, 0.5) is 0 Å². The van der Waals surface area contributed by atoms with E-state index >= 15 is 0 Å². The van der Waals surface area contributed by atoms with Gasteiger partial charge in [-0.15, -0.1) is 11.3 Å². The van der Waals surface area contributed by atoms with Crippen LogP contribution in [0.3, 0.4) is 0 Å². The first kappa shape index (κ1) is 18.8. The maximum Gasteiger partial charge on any atom is 0.228 e. The molecular weight excluding hydrogens is 398 g/mol. The Labute approximate surface area is 186 Å². The Morgan fingerprint density at radius 3 is 2.58 bits per heavy atom. The van der Waals surface area contributed by atoms with Crippen molar-refractivity contribution in [3.63, 3.8) is 0 Å². The van der Waals surface area contributed by atoms with Gasteiger partial charge in [0.15, 0.2) is 11.9 Å². The van der Waals surface area contributed by atoms with Crippen LogP contribution in [-0.2, 0) is 13.5 Å². The number of benzene rings is 3.